The van der Waals surface area contributed by atoms with E-state index in [1.807, 2.05) is 13.8 Å². The molecule has 0 heteroatoms. The summed E-state index contributed by atoms with van der Waals surface area (Å²) in [7, 11) is 0. The molecule has 0 aliphatic heterocycles. The van der Waals surface area contributed by atoms with Gasteiger partial charge >= 0.3 is 0 Å². The lowest BCUT2D eigenvalue weighted by atomic mass is 10.3. The monoisotopic (exact) mass is 102 g/mol. The van der Waals surface area contributed by atoms with E-state index in [4.69, 9.17) is 0 Å². The fraction of sp³-hybridized carbons (Fsp3) is 1.00. The minimum absolute atomic E-state index is 1.34. The average Bonchev–Trinajstić information content (AvgIpc) is 1.75. The third-order valence-electron chi connectivity index (χ3n) is 0.707. The highest BCUT2D eigenvalue weighted by Gasteiger charge is 1.68. The fourth-order valence-electron chi connectivity index (χ4n) is 0.354. The molecule has 0 aliphatic rings. The highest BCUT2D eigenvalue weighted by atomic mass is 13.7. The molecule has 0 atom stereocenters. The van der Waals surface area contributed by atoms with Gasteiger partial charge in [0.2, 0.25) is 0 Å². The van der Waals surface area contributed by atoms with Crippen LogP contribution in [0.4, 0.5) is 0 Å². The van der Waals surface area contributed by atoms with Crippen LogP contribution in [0.15, 0.2) is 0 Å². The maximum atomic E-state index is 2.21. The Morgan fingerprint density at radius 2 is 1.14 bits per heavy atom. The molecule has 0 bridgehead atoms. The smallest absolute Gasteiger partial charge is 0.0538 e. The molecule has 7 heavy (non-hydrogen) atoms. The van der Waals surface area contributed by atoms with Gasteiger partial charge in [0.05, 0.1) is 0 Å². The van der Waals surface area contributed by atoms with Crippen molar-refractivity contribution in [3.63, 3.8) is 0 Å². The summed E-state index contributed by atoms with van der Waals surface area (Å²) in [5.74, 6) is 0. The Kier molecular flexibility index (Phi) is 24.0. The summed E-state index contributed by atoms with van der Waals surface area (Å²) in [6.45, 7) is 8.42. The zero-order valence-electron chi connectivity index (χ0n) is 6.12. The third kappa shape index (κ3) is 24.0. The molecule has 0 unspecified atom stereocenters. The van der Waals surface area contributed by atoms with Gasteiger partial charge in [-0.1, -0.05) is 47.0 Å². The molecule has 0 N–H and O–H groups in total. The molecule has 0 fully saturated rings. The normalized spacial score (nSPS) is 6.86. The Hall–Kier alpha value is 0. The minimum Gasteiger partial charge on any atom is -0.0683 e. The van der Waals surface area contributed by atoms with Crippen molar-refractivity contribution in [2.45, 2.75) is 47.0 Å². The molecule has 0 spiro atoms. The molecule has 0 aromatic rings. The van der Waals surface area contributed by atoms with E-state index in [1.54, 1.807) is 0 Å². The summed E-state index contributed by atoms with van der Waals surface area (Å²) in [4.78, 5) is 0. The van der Waals surface area contributed by atoms with Gasteiger partial charge in [-0.15, -0.1) is 0 Å². The van der Waals surface area contributed by atoms with E-state index in [0.717, 1.165) is 0 Å². The Bertz CT molecular complexity index is 7.51. The largest absolute Gasteiger partial charge is 0.0683 e. The Balaban J connectivity index is 0. The van der Waals surface area contributed by atoms with Gasteiger partial charge in [-0.2, -0.15) is 0 Å². The highest BCUT2D eigenvalue weighted by Crippen LogP contribution is 1.88. The molecule has 0 amide bonds. The van der Waals surface area contributed by atoms with Crippen molar-refractivity contribution in [2.24, 2.45) is 0 Å². The van der Waals surface area contributed by atoms with E-state index in [1.165, 1.54) is 19.3 Å². The quantitative estimate of drug-likeness (QED) is 0.502. The van der Waals surface area contributed by atoms with Gasteiger partial charge in [0, 0.05) is 0 Å². The Morgan fingerprint density at radius 3 is 1.14 bits per heavy atom. The highest BCUT2D eigenvalue weighted by molar-refractivity contribution is 4.24. The van der Waals surface area contributed by atoms with Crippen LogP contribution in [0.3, 0.4) is 0 Å². The van der Waals surface area contributed by atoms with Crippen LogP contribution < -0.4 is 0 Å². The van der Waals surface area contributed by atoms with Crippen LogP contribution in [0.2, 0.25) is 0 Å². The SMILES string of the molecule is CC.CCCCC. The first kappa shape index (κ1) is 10.1. The van der Waals surface area contributed by atoms with Crippen LogP contribution in [0.1, 0.15) is 47.0 Å². The second-order valence-corrected chi connectivity index (χ2v) is 1.35. The van der Waals surface area contributed by atoms with Crippen LogP contribution in [-0.2, 0) is 0 Å². The van der Waals surface area contributed by atoms with Gasteiger partial charge in [0.25, 0.3) is 0 Å². The lowest BCUT2D eigenvalue weighted by Crippen LogP contribution is -1.59. The molecule has 0 radical (unpaired) electrons. The molecule has 0 rings (SSSR count). The molecule has 0 saturated carbocycles. The molecular weight excluding hydrogens is 84.1 g/mol. The van der Waals surface area contributed by atoms with Crippen LogP contribution in [0.25, 0.3) is 0 Å². The maximum absolute atomic E-state index is 2.21. The standard InChI is InChI=1S/C5H12.C2H6/c1-3-5-4-2;1-2/h3-5H2,1-2H3;1-2H3. The van der Waals surface area contributed by atoms with Crippen LogP contribution in [-0.4, -0.2) is 0 Å². The number of hydrogen-bond donors (Lipinski definition) is 0. The first-order chi connectivity index (χ1) is 3.41. The zero-order valence-corrected chi connectivity index (χ0v) is 6.12. The molecule has 46 valence electrons. The van der Waals surface area contributed by atoms with E-state index in [2.05, 4.69) is 13.8 Å². The molecule has 0 aromatic heterocycles. The topological polar surface area (TPSA) is 0 Å². The van der Waals surface area contributed by atoms with E-state index >= 15 is 0 Å². The minimum atomic E-state index is 1.34. The molecule has 0 heterocycles. The van der Waals surface area contributed by atoms with Crippen molar-refractivity contribution in [3.05, 3.63) is 0 Å². The first-order valence-electron chi connectivity index (χ1n) is 3.41. The molecule has 0 nitrogen and oxygen atoms in total. The van der Waals surface area contributed by atoms with Crippen molar-refractivity contribution in [2.75, 3.05) is 0 Å². The van der Waals surface area contributed by atoms with Gasteiger partial charge in [-0.05, 0) is 0 Å². The predicted molar refractivity (Wildman–Crippen MR) is 36.5 cm³/mol. The van der Waals surface area contributed by atoms with E-state index in [9.17, 15) is 0 Å². The molecule has 0 saturated heterocycles. The first-order valence-corrected chi connectivity index (χ1v) is 3.41. The van der Waals surface area contributed by atoms with Gasteiger partial charge in [-0.3, -0.25) is 0 Å². The van der Waals surface area contributed by atoms with Crippen molar-refractivity contribution in [1.29, 1.82) is 0 Å². The van der Waals surface area contributed by atoms with Crippen LogP contribution >= 0.6 is 0 Å². The van der Waals surface area contributed by atoms with Crippen molar-refractivity contribution in [1.82, 2.24) is 0 Å². The Morgan fingerprint density at radius 1 is 0.857 bits per heavy atom. The Labute approximate surface area is 47.9 Å². The van der Waals surface area contributed by atoms with Crippen LogP contribution in [0.5, 0.6) is 0 Å². The van der Waals surface area contributed by atoms with Crippen LogP contribution in [0, 0.1) is 0 Å². The summed E-state index contributed by atoms with van der Waals surface area (Å²) in [5, 5.41) is 0. The second kappa shape index (κ2) is 16.7. The van der Waals surface area contributed by atoms with Gasteiger partial charge in [0.15, 0.2) is 0 Å². The zero-order chi connectivity index (χ0) is 6.12. The summed E-state index contributed by atoms with van der Waals surface area (Å²) in [5.41, 5.74) is 0. The average molecular weight is 102 g/mol. The predicted octanol–water partition coefficient (Wildman–Crippen LogP) is 3.22. The number of unbranched alkanes of at least 4 members (excludes halogenated alkanes) is 2. The fourth-order valence-corrected chi connectivity index (χ4v) is 0.354. The summed E-state index contributed by atoms with van der Waals surface area (Å²) in [6, 6.07) is 0. The molecule has 0 aliphatic carbocycles. The number of rotatable bonds is 2. The van der Waals surface area contributed by atoms with Crippen molar-refractivity contribution in [3.8, 4) is 0 Å². The maximum Gasteiger partial charge on any atom is -0.0538 e. The lowest BCUT2D eigenvalue weighted by molar-refractivity contribution is 0.772. The van der Waals surface area contributed by atoms with E-state index in [-0.39, 0.29) is 0 Å². The van der Waals surface area contributed by atoms with Crippen molar-refractivity contribution < 1.29 is 0 Å². The molecular formula is C7H18. The summed E-state index contributed by atoms with van der Waals surface area (Å²) < 4.78 is 0. The van der Waals surface area contributed by atoms with Gasteiger partial charge < -0.3 is 0 Å². The third-order valence-corrected chi connectivity index (χ3v) is 0.707. The summed E-state index contributed by atoms with van der Waals surface area (Å²) >= 11 is 0. The lowest BCUT2D eigenvalue weighted by Gasteiger charge is -1.79. The van der Waals surface area contributed by atoms with E-state index < -0.39 is 0 Å². The second-order valence-electron chi connectivity index (χ2n) is 1.35. The van der Waals surface area contributed by atoms with E-state index in [0.29, 0.717) is 0 Å². The summed E-state index contributed by atoms with van der Waals surface area (Å²) in [6.07, 6.45) is 4.08. The van der Waals surface area contributed by atoms with Gasteiger partial charge in [-0.25, -0.2) is 0 Å². The van der Waals surface area contributed by atoms with Gasteiger partial charge in [0.1, 0.15) is 0 Å². The van der Waals surface area contributed by atoms with Crippen molar-refractivity contribution >= 4 is 0 Å². The molecule has 0 aromatic carbocycles. The number of hydrogen-bond acceptors (Lipinski definition) is 0.